The van der Waals surface area contributed by atoms with Crippen LogP contribution in [0, 0.1) is 0 Å². The molecule has 2 unspecified atom stereocenters. The van der Waals surface area contributed by atoms with Crippen molar-refractivity contribution >= 4 is 22.4 Å². The topological polar surface area (TPSA) is 45.2 Å². The van der Waals surface area contributed by atoms with Crippen LogP contribution in [0.1, 0.15) is 42.5 Å². The number of carbonyl (C=O) groups excluding carboxylic acids is 1. The number of hydrogen-bond donors (Lipinski definition) is 0. The summed E-state index contributed by atoms with van der Waals surface area (Å²) in [6.07, 6.45) is 6.63. The van der Waals surface area contributed by atoms with Crippen LogP contribution in [0.5, 0.6) is 5.75 Å². The Hall–Kier alpha value is -3.09. The molecule has 0 aromatic heterocycles. The van der Waals surface area contributed by atoms with Crippen molar-refractivity contribution in [3.8, 4) is 5.75 Å². The molecule has 2 aliphatic heterocycles. The Labute approximate surface area is 226 Å². The number of amides is 1. The first-order chi connectivity index (χ1) is 18.8. The summed E-state index contributed by atoms with van der Waals surface area (Å²) in [5.41, 5.74) is 1.98. The van der Waals surface area contributed by atoms with Gasteiger partial charge in [-0.1, -0.05) is 49.2 Å². The van der Waals surface area contributed by atoms with Gasteiger partial charge in [0, 0.05) is 56.6 Å². The first-order valence-electron chi connectivity index (χ1n) is 14.4. The van der Waals surface area contributed by atoms with Gasteiger partial charge in [-0.05, 0) is 60.4 Å². The second-order valence-electron chi connectivity index (χ2n) is 10.8. The van der Waals surface area contributed by atoms with Crippen LogP contribution in [-0.4, -0.2) is 80.3 Å². The minimum absolute atomic E-state index is 0.126. The van der Waals surface area contributed by atoms with Gasteiger partial charge in [0.05, 0.1) is 19.3 Å². The van der Waals surface area contributed by atoms with Crippen LogP contribution in [0.2, 0.25) is 0 Å². The van der Waals surface area contributed by atoms with Crippen molar-refractivity contribution in [1.82, 2.24) is 9.80 Å². The van der Waals surface area contributed by atoms with Crippen molar-refractivity contribution < 1.29 is 14.3 Å². The molecule has 0 radical (unpaired) electrons. The fourth-order valence-corrected chi connectivity index (χ4v) is 6.42. The summed E-state index contributed by atoms with van der Waals surface area (Å²) < 4.78 is 12.1. The van der Waals surface area contributed by atoms with Gasteiger partial charge in [-0.15, -0.1) is 0 Å². The third kappa shape index (κ3) is 5.52. The molecule has 38 heavy (non-hydrogen) atoms. The lowest BCUT2D eigenvalue weighted by molar-refractivity contribution is -0.0887. The third-order valence-electron chi connectivity index (χ3n) is 8.49. The molecule has 6 nitrogen and oxygen atoms in total. The lowest BCUT2D eigenvalue weighted by Crippen LogP contribution is -2.52. The minimum Gasteiger partial charge on any atom is -0.494 e. The van der Waals surface area contributed by atoms with Gasteiger partial charge in [-0.3, -0.25) is 9.69 Å². The maximum absolute atomic E-state index is 13.3. The van der Waals surface area contributed by atoms with Crippen LogP contribution in [0.15, 0.2) is 66.7 Å². The number of anilines is 1. The van der Waals surface area contributed by atoms with Crippen LogP contribution in [0.4, 0.5) is 5.69 Å². The molecule has 3 aromatic rings. The predicted molar refractivity (Wildman–Crippen MR) is 152 cm³/mol. The Balaban J connectivity index is 0.965. The van der Waals surface area contributed by atoms with E-state index in [0.717, 1.165) is 81.0 Å². The Morgan fingerprint density at radius 3 is 2.53 bits per heavy atom. The molecular weight excluding hydrogens is 474 g/mol. The van der Waals surface area contributed by atoms with Gasteiger partial charge >= 0.3 is 0 Å². The smallest absolute Gasteiger partial charge is 0.254 e. The number of hydrogen-bond acceptors (Lipinski definition) is 5. The quantitative estimate of drug-likeness (QED) is 0.406. The van der Waals surface area contributed by atoms with Crippen LogP contribution < -0.4 is 9.64 Å². The highest BCUT2D eigenvalue weighted by atomic mass is 16.5. The molecule has 200 valence electrons. The van der Waals surface area contributed by atoms with Gasteiger partial charge in [-0.2, -0.15) is 0 Å². The molecule has 0 bridgehead atoms. The molecule has 6 rings (SSSR count). The highest BCUT2D eigenvalue weighted by Crippen LogP contribution is 2.29. The van der Waals surface area contributed by atoms with E-state index in [-0.39, 0.29) is 5.91 Å². The van der Waals surface area contributed by atoms with Crippen molar-refractivity contribution in [2.24, 2.45) is 0 Å². The van der Waals surface area contributed by atoms with Gasteiger partial charge in [0.1, 0.15) is 5.75 Å². The number of ether oxygens (including phenoxy) is 2. The maximum atomic E-state index is 13.3. The second-order valence-corrected chi connectivity index (χ2v) is 10.8. The van der Waals surface area contributed by atoms with Gasteiger partial charge in [0.15, 0.2) is 0 Å². The average molecular weight is 514 g/mol. The molecule has 2 saturated heterocycles. The van der Waals surface area contributed by atoms with Crippen molar-refractivity contribution in [2.75, 3.05) is 57.4 Å². The lowest BCUT2D eigenvalue weighted by Gasteiger charge is -2.43. The zero-order valence-corrected chi connectivity index (χ0v) is 22.3. The summed E-state index contributed by atoms with van der Waals surface area (Å²) in [4.78, 5) is 20.3. The van der Waals surface area contributed by atoms with E-state index in [1.54, 1.807) is 0 Å². The number of piperazine rings is 1. The van der Waals surface area contributed by atoms with Crippen molar-refractivity contribution in [3.05, 3.63) is 72.3 Å². The summed E-state index contributed by atoms with van der Waals surface area (Å²) in [5.74, 6) is 1.05. The number of fused-ring (bicyclic) bond motifs is 2. The zero-order valence-electron chi connectivity index (χ0n) is 22.3. The van der Waals surface area contributed by atoms with Crippen LogP contribution >= 0.6 is 0 Å². The van der Waals surface area contributed by atoms with E-state index in [1.807, 2.05) is 35.2 Å². The predicted octanol–water partition coefficient (Wildman–Crippen LogP) is 5.21. The molecule has 6 heteroatoms. The number of morpholine rings is 1. The molecule has 3 fully saturated rings. The highest BCUT2D eigenvalue weighted by molar-refractivity contribution is 6.07. The Morgan fingerprint density at radius 1 is 0.868 bits per heavy atom. The number of nitrogens with zero attached hydrogens (tertiary/aromatic N) is 3. The molecular formula is C32H39N3O3. The SMILES string of the molecule is O=C(c1cccc2ccccc12)N1CCN(c2ccc(OCCCN3CCOC4CCCCC43)cc2)CC1. The molecule has 1 amide bonds. The van der Waals surface area contributed by atoms with E-state index < -0.39 is 0 Å². The van der Waals surface area contributed by atoms with Gasteiger partial charge in [-0.25, -0.2) is 0 Å². The maximum Gasteiger partial charge on any atom is 0.254 e. The summed E-state index contributed by atoms with van der Waals surface area (Å²) in [6, 6.07) is 23.2. The monoisotopic (exact) mass is 513 g/mol. The van der Waals surface area contributed by atoms with E-state index in [9.17, 15) is 4.79 Å². The van der Waals surface area contributed by atoms with E-state index in [0.29, 0.717) is 12.1 Å². The number of benzene rings is 3. The molecule has 3 aliphatic rings. The van der Waals surface area contributed by atoms with Gasteiger partial charge in [0.25, 0.3) is 5.91 Å². The lowest BCUT2D eigenvalue weighted by atomic mass is 9.90. The summed E-state index contributed by atoms with van der Waals surface area (Å²) in [5, 5.41) is 2.14. The van der Waals surface area contributed by atoms with Crippen molar-refractivity contribution in [3.63, 3.8) is 0 Å². The summed E-state index contributed by atoms with van der Waals surface area (Å²) in [7, 11) is 0. The van der Waals surface area contributed by atoms with Gasteiger partial charge in [0.2, 0.25) is 0 Å². The largest absolute Gasteiger partial charge is 0.494 e. The molecule has 1 aliphatic carbocycles. The normalized spacial score (nSPS) is 22.3. The number of carbonyl (C=O) groups is 1. The standard InChI is InChI=1S/C32H39N3O3/c36-32(29-10-5-8-25-7-1-2-9-28(25)29)35-20-18-33(19-21-35)26-13-15-27(16-14-26)37-23-6-17-34-22-24-38-31-12-4-3-11-30(31)34/h1-2,5,7-10,13-16,30-31H,3-4,6,11-12,17-24H2. The Kier molecular flexibility index (Phi) is 7.79. The molecule has 0 N–H and O–H groups in total. The second kappa shape index (κ2) is 11.7. The van der Waals surface area contributed by atoms with Gasteiger partial charge < -0.3 is 19.3 Å². The zero-order chi connectivity index (χ0) is 25.7. The van der Waals surface area contributed by atoms with Crippen LogP contribution in [-0.2, 0) is 4.74 Å². The molecule has 3 aromatic carbocycles. The van der Waals surface area contributed by atoms with E-state index in [4.69, 9.17) is 9.47 Å². The van der Waals surface area contributed by atoms with Crippen molar-refractivity contribution in [2.45, 2.75) is 44.2 Å². The average Bonchev–Trinajstić information content (AvgIpc) is 2.99. The summed E-state index contributed by atoms with van der Waals surface area (Å²) >= 11 is 0. The minimum atomic E-state index is 0.126. The fraction of sp³-hybridized carbons (Fsp3) is 0.469. The van der Waals surface area contributed by atoms with Crippen LogP contribution in [0.3, 0.4) is 0 Å². The van der Waals surface area contributed by atoms with Crippen LogP contribution in [0.25, 0.3) is 10.8 Å². The van der Waals surface area contributed by atoms with Crippen molar-refractivity contribution in [1.29, 1.82) is 0 Å². The van der Waals surface area contributed by atoms with E-state index in [1.165, 1.54) is 31.4 Å². The highest BCUT2D eigenvalue weighted by Gasteiger charge is 2.33. The molecule has 2 atom stereocenters. The van der Waals surface area contributed by atoms with E-state index in [2.05, 4.69) is 46.2 Å². The number of rotatable bonds is 7. The third-order valence-corrected chi connectivity index (χ3v) is 8.49. The molecule has 0 spiro atoms. The Bertz CT molecular complexity index is 1210. The Morgan fingerprint density at radius 2 is 1.66 bits per heavy atom. The first-order valence-corrected chi connectivity index (χ1v) is 14.4. The van der Waals surface area contributed by atoms with E-state index >= 15 is 0 Å². The fourth-order valence-electron chi connectivity index (χ4n) is 6.42. The first kappa shape index (κ1) is 25.2. The summed E-state index contributed by atoms with van der Waals surface area (Å²) in [6.45, 7) is 6.86. The molecule has 1 saturated carbocycles. The molecule has 2 heterocycles.